The lowest BCUT2D eigenvalue weighted by Gasteiger charge is -2.34. The maximum atomic E-state index is 16.8. The Hall–Kier alpha value is -3.39. The number of rotatable bonds is 5. The molecule has 234 valence electrons. The van der Waals surface area contributed by atoms with Gasteiger partial charge in [-0.3, -0.25) is 4.90 Å². The molecule has 0 radical (unpaired) electrons. The van der Waals surface area contributed by atoms with E-state index in [0.29, 0.717) is 13.1 Å². The van der Waals surface area contributed by atoms with E-state index in [-0.39, 0.29) is 56.7 Å². The van der Waals surface area contributed by atoms with Crippen molar-refractivity contribution in [3.8, 4) is 17.1 Å². The number of anilines is 2. The number of aromatic nitrogens is 3. The van der Waals surface area contributed by atoms with Crippen LogP contribution in [-0.2, 0) is 6.18 Å². The summed E-state index contributed by atoms with van der Waals surface area (Å²) >= 11 is 0.763. The molecule has 7 nitrogen and oxygen atoms in total. The highest BCUT2D eigenvalue weighted by molar-refractivity contribution is 7.22. The predicted octanol–water partition coefficient (Wildman–Crippen LogP) is 7.12. The molecule has 7 rings (SSSR count). The van der Waals surface area contributed by atoms with Crippen LogP contribution in [0.25, 0.3) is 32.2 Å². The molecule has 0 unspecified atom stereocenters. The SMILES string of the molecule is CC1(C)CCCN1c1nc(OC[C@@]23CCCN2C[C@H](F)C3)nc2c(F)c(-c3ccc(F)c4sc(N)nc34)c(C(F)(F)F)cc12. The molecule has 0 amide bonds. The van der Waals surface area contributed by atoms with Gasteiger partial charge in [-0.1, -0.05) is 11.3 Å². The number of nitrogens with zero attached hydrogens (tertiary/aromatic N) is 5. The second-order valence-electron chi connectivity index (χ2n) is 12.6. The summed E-state index contributed by atoms with van der Waals surface area (Å²) in [5.41, 5.74) is 1.87. The Labute approximate surface area is 253 Å². The fourth-order valence-electron chi connectivity index (χ4n) is 7.29. The third-order valence-electron chi connectivity index (χ3n) is 9.36. The summed E-state index contributed by atoms with van der Waals surface area (Å²) in [7, 11) is 0. The predicted molar refractivity (Wildman–Crippen MR) is 157 cm³/mol. The molecule has 3 saturated heterocycles. The zero-order valence-corrected chi connectivity index (χ0v) is 24.9. The van der Waals surface area contributed by atoms with Crippen LogP contribution in [0.2, 0.25) is 0 Å². The summed E-state index contributed by atoms with van der Waals surface area (Å²) in [6, 6.07) is 2.69. The summed E-state index contributed by atoms with van der Waals surface area (Å²) < 4.78 is 95.9. The van der Waals surface area contributed by atoms with Crippen LogP contribution in [0.1, 0.15) is 51.5 Å². The third kappa shape index (κ3) is 4.63. The van der Waals surface area contributed by atoms with E-state index < -0.39 is 46.2 Å². The van der Waals surface area contributed by atoms with E-state index in [1.807, 2.05) is 18.7 Å². The van der Waals surface area contributed by atoms with Crippen LogP contribution < -0.4 is 15.4 Å². The molecule has 0 spiro atoms. The highest BCUT2D eigenvalue weighted by Crippen LogP contribution is 2.47. The van der Waals surface area contributed by atoms with Gasteiger partial charge in [-0.25, -0.2) is 18.2 Å². The first kappa shape index (κ1) is 29.3. The van der Waals surface area contributed by atoms with Gasteiger partial charge in [0.2, 0.25) is 0 Å². The summed E-state index contributed by atoms with van der Waals surface area (Å²) in [5, 5.41) is -0.192. The fourth-order valence-corrected chi connectivity index (χ4v) is 8.05. The average Bonchev–Trinajstić information content (AvgIpc) is 3.69. The molecule has 44 heavy (non-hydrogen) atoms. The van der Waals surface area contributed by atoms with Crippen LogP contribution in [0.5, 0.6) is 6.01 Å². The number of hydrogen-bond acceptors (Lipinski definition) is 8. The Kier molecular flexibility index (Phi) is 6.71. The topological polar surface area (TPSA) is 80.4 Å². The van der Waals surface area contributed by atoms with Crippen molar-refractivity contribution in [2.75, 3.05) is 36.9 Å². The monoisotopic (exact) mass is 636 g/mol. The number of alkyl halides is 4. The van der Waals surface area contributed by atoms with E-state index in [2.05, 4.69) is 19.9 Å². The third-order valence-corrected chi connectivity index (χ3v) is 10.3. The molecule has 0 saturated carbocycles. The van der Waals surface area contributed by atoms with Gasteiger partial charge in [0.15, 0.2) is 10.9 Å². The van der Waals surface area contributed by atoms with Gasteiger partial charge in [-0.2, -0.15) is 23.1 Å². The first-order valence-electron chi connectivity index (χ1n) is 14.5. The number of nitrogens with two attached hydrogens (primary N) is 1. The van der Waals surface area contributed by atoms with Crippen LogP contribution >= 0.6 is 11.3 Å². The van der Waals surface area contributed by atoms with Crippen molar-refractivity contribution in [3.05, 3.63) is 35.4 Å². The van der Waals surface area contributed by atoms with E-state index in [1.165, 1.54) is 0 Å². The molecule has 14 heteroatoms. The van der Waals surface area contributed by atoms with Crippen molar-refractivity contribution in [2.24, 2.45) is 0 Å². The van der Waals surface area contributed by atoms with Crippen LogP contribution in [0.3, 0.4) is 0 Å². The summed E-state index contributed by atoms with van der Waals surface area (Å²) in [4.78, 5) is 16.8. The quantitative estimate of drug-likeness (QED) is 0.234. The van der Waals surface area contributed by atoms with Crippen LogP contribution in [-0.4, -0.2) is 63.3 Å². The molecule has 0 bridgehead atoms. The number of ether oxygens (including phenoxy) is 1. The fraction of sp³-hybridized carbons (Fsp3) is 0.500. The van der Waals surface area contributed by atoms with E-state index in [4.69, 9.17) is 10.5 Å². The second-order valence-corrected chi connectivity index (χ2v) is 13.6. The molecule has 4 aromatic rings. The van der Waals surface area contributed by atoms with Gasteiger partial charge in [0.25, 0.3) is 0 Å². The molecule has 3 aliphatic heterocycles. The van der Waals surface area contributed by atoms with Gasteiger partial charge in [-0.15, -0.1) is 0 Å². The molecule has 2 aromatic carbocycles. The number of hydrogen-bond donors (Lipinski definition) is 1. The zero-order chi connectivity index (χ0) is 31.2. The minimum absolute atomic E-state index is 0.0631. The van der Waals surface area contributed by atoms with Crippen molar-refractivity contribution < 1.29 is 31.1 Å². The van der Waals surface area contributed by atoms with Crippen molar-refractivity contribution in [2.45, 2.75) is 69.4 Å². The molecule has 3 aliphatic rings. The summed E-state index contributed by atoms with van der Waals surface area (Å²) in [6.45, 7) is 5.48. The maximum absolute atomic E-state index is 16.8. The van der Waals surface area contributed by atoms with E-state index in [9.17, 15) is 22.0 Å². The van der Waals surface area contributed by atoms with Gasteiger partial charge in [-0.05, 0) is 64.3 Å². The van der Waals surface area contributed by atoms with E-state index >= 15 is 4.39 Å². The van der Waals surface area contributed by atoms with Crippen LogP contribution in [0.15, 0.2) is 18.2 Å². The van der Waals surface area contributed by atoms with Crippen molar-refractivity contribution in [1.82, 2.24) is 19.9 Å². The van der Waals surface area contributed by atoms with Gasteiger partial charge >= 0.3 is 12.2 Å². The molecule has 0 aliphatic carbocycles. The lowest BCUT2D eigenvalue weighted by molar-refractivity contribution is -0.137. The Balaban J connectivity index is 1.45. The molecular weight excluding hydrogens is 606 g/mol. The smallest absolute Gasteiger partial charge is 0.417 e. The lowest BCUT2D eigenvalue weighted by atomic mass is 9.94. The summed E-state index contributed by atoms with van der Waals surface area (Å²) in [6.07, 6.45) is -2.59. The summed E-state index contributed by atoms with van der Waals surface area (Å²) in [5.74, 6) is -1.86. The maximum Gasteiger partial charge on any atom is 0.417 e. The Bertz CT molecular complexity index is 1790. The normalized spacial score (nSPS) is 23.7. The first-order valence-corrected chi connectivity index (χ1v) is 15.3. The minimum Gasteiger partial charge on any atom is -0.461 e. The highest BCUT2D eigenvalue weighted by atomic mass is 32.1. The molecule has 2 atom stereocenters. The Morgan fingerprint density at radius 2 is 1.84 bits per heavy atom. The molecule has 5 heterocycles. The van der Waals surface area contributed by atoms with Crippen molar-refractivity contribution in [3.63, 3.8) is 0 Å². The van der Waals surface area contributed by atoms with Crippen LogP contribution in [0.4, 0.5) is 37.3 Å². The van der Waals surface area contributed by atoms with Gasteiger partial charge < -0.3 is 15.4 Å². The van der Waals surface area contributed by atoms with Gasteiger partial charge in [0.05, 0.1) is 21.3 Å². The first-order chi connectivity index (χ1) is 20.8. The van der Waals surface area contributed by atoms with Gasteiger partial charge in [0.1, 0.15) is 29.9 Å². The van der Waals surface area contributed by atoms with Gasteiger partial charge in [0, 0.05) is 41.6 Å². The van der Waals surface area contributed by atoms with E-state index in [0.717, 1.165) is 61.8 Å². The number of thiazole rings is 1. The Morgan fingerprint density at radius 1 is 1.07 bits per heavy atom. The number of halogens is 6. The number of nitrogen functional groups attached to an aromatic ring is 1. The van der Waals surface area contributed by atoms with Crippen LogP contribution in [0, 0.1) is 11.6 Å². The van der Waals surface area contributed by atoms with Crippen molar-refractivity contribution in [1.29, 1.82) is 0 Å². The Morgan fingerprint density at radius 3 is 2.57 bits per heavy atom. The average molecular weight is 637 g/mol. The highest BCUT2D eigenvalue weighted by Gasteiger charge is 2.49. The molecular formula is C30H30F6N6OS. The molecule has 2 aromatic heterocycles. The molecule has 3 fully saturated rings. The molecule has 2 N–H and O–H groups in total. The number of benzene rings is 2. The van der Waals surface area contributed by atoms with E-state index in [1.54, 1.807) is 0 Å². The minimum atomic E-state index is -4.99. The number of fused-ring (bicyclic) bond motifs is 3. The van der Waals surface area contributed by atoms with Crippen molar-refractivity contribution >= 4 is 43.4 Å². The zero-order valence-electron chi connectivity index (χ0n) is 24.1. The standard InChI is InChI=1S/C30H30F6N6OS/c1-28(2)7-3-10-42(28)25-17-11-18(30(34,35)36)20(16-5-6-19(32)24-23(16)38-26(37)44-24)21(33)22(17)39-27(40-25)43-14-29-8-4-9-41(29)13-15(31)12-29/h5-6,11,15H,3-4,7-10,12-14H2,1-2H3,(H2,37,38)/t15-,29+/m1/s1. The largest absolute Gasteiger partial charge is 0.461 e. The lowest BCUT2D eigenvalue weighted by Crippen LogP contribution is -2.43. The second kappa shape index (κ2) is 10.1.